The number of carbonyl (C=O) groups excluding carboxylic acids is 1. The third kappa shape index (κ3) is 3.47. The molecule has 0 bridgehead atoms. The van der Waals surface area contributed by atoms with Crippen LogP contribution >= 0.6 is 0 Å². The fourth-order valence-corrected chi connectivity index (χ4v) is 3.42. The first-order chi connectivity index (χ1) is 14.5. The first-order valence-electron chi connectivity index (χ1n) is 9.57. The van der Waals surface area contributed by atoms with E-state index >= 15 is 0 Å². The fourth-order valence-electron chi connectivity index (χ4n) is 3.42. The minimum atomic E-state index is -0.293. The highest BCUT2D eigenvalue weighted by molar-refractivity contribution is 6.12. The third-order valence-electron chi connectivity index (χ3n) is 4.91. The molecule has 1 amide bonds. The summed E-state index contributed by atoms with van der Waals surface area (Å²) in [5, 5.41) is 10.6. The molecule has 0 spiro atoms. The SMILES string of the molecule is COc1ccc2c(c1)c(C(=O)Nc1n[nH]c(-c3ccccc3OC)n1)cn2C(C)C. The molecular weight excluding hydrogens is 382 g/mol. The normalized spacial score (nSPS) is 11.1. The summed E-state index contributed by atoms with van der Waals surface area (Å²) in [6, 6.07) is 13.4. The van der Waals surface area contributed by atoms with E-state index in [1.807, 2.05) is 48.7 Å². The lowest BCUT2D eigenvalue weighted by molar-refractivity contribution is 0.102. The van der Waals surface area contributed by atoms with Crippen molar-refractivity contribution in [1.29, 1.82) is 0 Å². The van der Waals surface area contributed by atoms with E-state index in [2.05, 4.69) is 38.9 Å². The number of benzene rings is 2. The number of para-hydroxylation sites is 1. The van der Waals surface area contributed by atoms with Crippen LogP contribution in [0.4, 0.5) is 5.95 Å². The molecule has 0 fully saturated rings. The summed E-state index contributed by atoms with van der Waals surface area (Å²) in [4.78, 5) is 17.4. The maximum atomic E-state index is 13.0. The Morgan fingerprint density at radius 2 is 1.93 bits per heavy atom. The van der Waals surface area contributed by atoms with Gasteiger partial charge in [0.15, 0.2) is 5.82 Å². The van der Waals surface area contributed by atoms with Gasteiger partial charge in [-0.2, -0.15) is 4.98 Å². The van der Waals surface area contributed by atoms with Crippen LogP contribution in [0.15, 0.2) is 48.7 Å². The van der Waals surface area contributed by atoms with Gasteiger partial charge in [-0.1, -0.05) is 12.1 Å². The summed E-state index contributed by atoms with van der Waals surface area (Å²) in [6.45, 7) is 4.14. The number of hydrogen-bond acceptors (Lipinski definition) is 5. The van der Waals surface area contributed by atoms with E-state index in [0.29, 0.717) is 22.9 Å². The standard InChI is InChI=1S/C22H23N5O3/c1-13(2)27-12-17(16-11-14(29-3)9-10-18(16)27)21(28)24-22-23-20(25-26-22)15-7-5-6-8-19(15)30-4/h5-13H,1-4H3,(H2,23,24,25,26,28). The highest BCUT2D eigenvalue weighted by Crippen LogP contribution is 2.30. The number of aromatic amines is 1. The molecule has 0 saturated heterocycles. The molecule has 2 heterocycles. The van der Waals surface area contributed by atoms with E-state index < -0.39 is 0 Å². The van der Waals surface area contributed by atoms with Gasteiger partial charge < -0.3 is 14.0 Å². The summed E-state index contributed by atoms with van der Waals surface area (Å²) >= 11 is 0. The molecule has 30 heavy (non-hydrogen) atoms. The lowest BCUT2D eigenvalue weighted by Gasteiger charge is -2.09. The first-order valence-corrected chi connectivity index (χ1v) is 9.57. The molecule has 0 saturated carbocycles. The molecular formula is C22H23N5O3. The van der Waals surface area contributed by atoms with Crippen molar-refractivity contribution in [2.75, 3.05) is 19.5 Å². The molecule has 0 radical (unpaired) electrons. The molecule has 2 aromatic heterocycles. The van der Waals surface area contributed by atoms with E-state index in [1.165, 1.54) is 0 Å². The number of hydrogen-bond donors (Lipinski definition) is 2. The lowest BCUT2D eigenvalue weighted by atomic mass is 10.1. The van der Waals surface area contributed by atoms with Crippen molar-refractivity contribution < 1.29 is 14.3 Å². The van der Waals surface area contributed by atoms with Crippen LogP contribution in [-0.4, -0.2) is 39.9 Å². The molecule has 4 aromatic rings. The molecule has 154 valence electrons. The highest BCUT2D eigenvalue weighted by Gasteiger charge is 2.19. The predicted octanol–water partition coefficient (Wildman–Crippen LogP) is 4.28. The number of ether oxygens (including phenoxy) is 2. The zero-order valence-electron chi connectivity index (χ0n) is 17.3. The van der Waals surface area contributed by atoms with Crippen LogP contribution in [0, 0.1) is 0 Å². The maximum Gasteiger partial charge on any atom is 0.260 e. The number of amides is 1. The van der Waals surface area contributed by atoms with Gasteiger partial charge in [0.1, 0.15) is 11.5 Å². The Kier molecular flexibility index (Phi) is 5.14. The summed E-state index contributed by atoms with van der Waals surface area (Å²) < 4.78 is 12.8. The molecule has 0 aliphatic heterocycles. The Bertz CT molecular complexity index is 1210. The van der Waals surface area contributed by atoms with Gasteiger partial charge in [0.2, 0.25) is 5.95 Å². The Morgan fingerprint density at radius 1 is 1.13 bits per heavy atom. The second kappa shape index (κ2) is 7.90. The third-order valence-corrected chi connectivity index (χ3v) is 4.91. The highest BCUT2D eigenvalue weighted by atomic mass is 16.5. The van der Waals surface area contributed by atoms with Crippen molar-refractivity contribution in [2.24, 2.45) is 0 Å². The first kappa shape index (κ1) is 19.5. The summed E-state index contributed by atoms with van der Waals surface area (Å²) in [7, 11) is 3.20. The smallest absolute Gasteiger partial charge is 0.260 e. The van der Waals surface area contributed by atoms with Gasteiger partial charge in [-0.15, -0.1) is 5.10 Å². The van der Waals surface area contributed by atoms with E-state index in [-0.39, 0.29) is 17.9 Å². The molecule has 8 heteroatoms. The number of rotatable bonds is 6. The van der Waals surface area contributed by atoms with Gasteiger partial charge in [0.05, 0.1) is 25.3 Å². The average molecular weight is 405 g/mol. The van der Waals surface area contributed by atoms with Crippen LogP contribution in [0.1, 0.15) is 30.2 Å². The number of aromatic nitrogens is 4. The van der Waals surface area contributed by atoms with Crippen molar-refractivity contribution in [1.82, 2.24) is 19.7 Å². The minimum Gasteiger partial charge on any atom is -0.497 e. The predicted molar refractivity (Wildman–Crippen MR) is 115 cm³/mol. The second-order valence-corrected chi connectivity index (χ2v) is 7.09. The molecule has 0 unspecified atom stereocenters. The lowest BCUT2D eigenvalue weighted by Crippen LogP contribution is -2.12. The Hall–Kier alpha value is -3.81. The number of carbonyl (C=O) groups is 1. The number of nitrogens with one attached hydrogen (secondary N) is 2. The van der Waals surface area contributed by atoms with Gasteiger partial charge in [0, 0.05) is 23.1 Å². The van der Waals surface area contributed by atoms with Crippen LogP contribution in [0.25, 0.3) is 22.3 Å². The number of H-pyrrole nitrogens is 1. The van der Waals surface area contributed by atoms with Crippen LogP contribution in [0.5, 0.6) is 11.5 Å². The van der Waals surface area contributed by atoms with E-state index in [9.17, 15) is 4.79 Å². The number of anilines is 1. The summed E-state index contributed by atoms with van der Waals surface area (Å²) in [5.41, 5.74) is 2.25. The van der Waals surface area contributed by atoms with Crippen molar-refractivity contribution >= 4 is 22.8 Å². The van der Waals surface area contributed by atoms with E-state index in [4.69, 9.17) is 9.47 Å². The van der Waals surface area contributed by atoms with Crippen molar-refractivity contribution in [3.63, 3.8) is 0 Å². The monoisotopic (exact) mass is 405 g/mol. The van der Waals surface area contributed by atoms with Crippen LogP contribution in [0.2, 0.25) is 0 Å². The van der Waals surface area contributed by atoms with Crippen LogP contribution in [0.3, 0.4) is 0 Å². The van der Waals surface area contributed by atoms with Gasteiger partial charge in [-0.25, -0.2) is 0 Å². The van der Waals surface area contributed by atoms with Gasteiger partial charge >= 0.3 is 0 Å². The zero-order valence-corrected chi connectivity index (χ0v) is 17.3. The van der Waals surface area contributed by atoms with E-state index in [0.717, 1.165) is 16.5 Å². The Balaban J connectivity index is 1.66. The second-order valence-electron chi connectivity index (χ2n) is 7.09. The van der Waals surface area contributed by atoms with E-state index in [1.54, 1.807) is 14.2 Å². The van der Waals surface area contributed by atoms with Crippen LogP contribution < -0.4 is 14.8 Å². The van der Waals surface area contributed by atoms with Crippen molar-refractivity contribution in [3.8, 4) is 22.9 Å². The molecule has 2 N–H and O–H groups in total. The number of methoxy groups -OCH3 is 2. The molecule has 8 nitrogen and oxygen atoms in total. The fraction of sp³-hybridized carbons (Fsp3) is 0.227. The minimum absolute atomic E-state index is 0.189. The molecule has 0 atom stereocenters. The quantitative estimate of drug-likeness (QED) is 0.499. The van der Waals surface area contributed by atoms with Gasteiger partial charge in [-0.05, 0) is 44.2 Å². The maximum absolute atomic E-state index is 13.0. The van der Waals surface area contributed by atoms with Crippen molar-refractivity contribution in [2.45, 2.75) is 19.9 Å². The number of nitrogens with zero attached hydrogens (tertiary/aromatic N) is 3. The van der Waals surface area contributed by atoms with Crippen LogP contribution in [-0.2, 0) is 0 Å². The Labute approximate surface area is 173 Å². The molecule has 2 aromatic carbocycles. The average Bonchev–Trinajstić information content (AvgIpc) is 3.37. The number of fused-ring (bicyclic) bond motifs is 1. The Morgan fingerprint density at radius 3 is 2.67 bits per heavy atom. The molecule has 0 aliphatic rings. The van der Waals surface area contributed by atoms with Crippen molar-refractivity contribution in [3.05, 3.63) is 54.2 Å². The van der Waals surface area contributed by atoms with Gasteiger partial charge in [0.25, 0.3) is 5.91 Å². The molecule has 0 aliphatic carbocycles. The van der Waals surface area contributed by atoms with Gasteiger partial charge in [-0.3, -0.25) is 15.2 Å². The summed E-state index contributed by atoms with van der Waals surface area (Å²) in [5.74, 6) is 1.76. The summed E-state index contributed by atoms with van der Waals surface area (Å²) in [6.07, 6.45) is 1.85. The molecule has 4 rings (SSSR count). The zero-order chi connectivity index (χ0) is 21.3. The largest absolute Gasteiger partial charge is 0.497 e. The topological polar surface area (TPSA) is 94.1 Å².